The fourth-order valence-electron chi connectivity index (χ4n) is 1.48. The molecule has 1 atom stereocenters. The van der Waals surface area contributed by atoms with Gasteiger partial charge in [0.2, 0.25) is 0 Å². The molecular formula is C11H10N4O3. The molecule has 0 saturated carbocycles. The van der Waals surface area contributed by atoms with E-state index in [1.54, 1.807) is 6.92 Å². The minimum absolute atomic E-state index is 0.0194. The number of nitro groups is 1. The lowest BCUT2D eigenvalue weighted by Gasteiger charge is -2.01. The number of aliphatic imine (C=N–C) groups is 1. The second-order valence-electron chi connectivity index (χ2n) is 3.90. The molecule has 0 radical (unpaired) electrons. The minimum Gasteiger partial charge on any atom is -0.295 e. The van der Waals surface area contributed by atoms with Crippen LogP contribution in [0.25, 0.3) is 0 Å². The normalized spacial score (nSPS) is 21.8. The topological polar surface area (TPSA) is 97.3 Å². The van der Waals surface area contributed by atoms with E-state index >= 15 is 0 Å². The van der Waals surface area contributed by atoms with Crippen LogP contribution in [0.15, 0.2) is 39.5 Å². The summed E-state index contributed by atoms with van der Waals surface area (Å²) in [6.45, 7) is 3.10. The van der Waals surface area contributed by atoms with Gasteiger partial charge in [-0.25, -0.2) is 4.99 Å². The lowest BCUT2D eigenvalue weighted by molar-refractivity contribution is -0.384. The predicted molar refractivity (Wildman–Crippen MR) is 64.1 cm³/mol. The van der Waals surface area contributed by atoms with Gasteiger partial charge in [-0.3, -0.25) is 14.9 Å². The Morgan fingerprint density at radius 3 is 2.33 bits per heavy atom. The summed E-state index contributed by atoms with van der Waals surface area (Å²) in [4.78, 5) is 25.3. The molecule has 0 N–H and O–H groups in total. The van der Waals surface area contributed by atoms with Crippen molar-refractivity contribution in [2.75, 3.05) is 0 Å². The molecule has 1 aliphatic heterocycles. The summed E-state index contributed by atoms with van der Waals surface area (Å²) >= 11 is 0. The minimum atomic E-state index is -1.12. The van der Waals surface area contributed by atoms with Crippen molar-refractivity contribution in [2.45, 2.75) is 19.5 Å². The maximum Gasteiger partial charge on any atom is 0.269 e. The number of rotatable bonds is 4. The van der Waals surface area contributed by atoms with Crippen molar-refractivity contribution in [3.63, 3.8) is 0 Å². The molecule has 1 heterocycles. The van der Waals surface area contributed by atoms with E-state index in [1.807, 2.05) is 0 Å². The van der Waals surface area contributed by atoms with Gasteiger partial charge in [-0.2, -0.15) is 5.11 Å². The van der Waals surface area contributed by atoms with Gasteiger partial charge < -0.3 is 0 Å². The summed E-state index contributed by atoms with van der Waals surface area (Å²) in [7, 11) is 0. The molecule has 7 nitrogen and oxygen atoms in total. The number of nitrogens with zero attached hydrogens (tertiary/aromatic N) is 4. The van der Waals surface area contributed by atoms with Crippen molar-refractivity contribution in [2.24, 2.45) is 15.2 Å². The summed E-state index contributed by atoms with van der Waals surface area (Å²) in [5.41, 5.74) is -0.0761. The molecule has 1 aromatic carbocycles. The summed E-state index contributed by atoms with van der Waals surface area (Å²) in [5.74, 6) is -0.189. The van der Waals surface area contributed by atoms with Gasteiger partial charge in [0.1, 0.15) is 0 Å². The Kier molecular flexibility index (Phi) is 2.74. The molecule has 0 saturated heterocycles. The molecule has 0 fully saturated rings. The van der Waals surface area contributed by atoms with E-state index in [1.165, 1.54) is 31.2 Å². The number of benzene rings is 1. The SMILES string of the molecule is CC(=O)[C@@]1(N=Nc2ccc([N+](=O)[O-])cc2)N=C1C. The van der Waals surface area contributed by atoms with Crippen molar-refractivity contribution < 1.29 is 9.72 Å². The number of nitro benzene ring substituents is 1. The Morgan fingerprint density at radius 1 is 1.39 bits per heavy atom. The van der Waals surface area contributed by atoms with Crippen LogP contribution in [0.2, 0.25) is 0 Å². The summed E-state index contributed by atoms with van der Waals surface area (Å²) in [5, 5.41) is 18.2. The molecule has 0 amide bonds. The summed E-state index contributed by atoms with van der Waals surface area (Å²) in [6.07, 6.45) is 0. The van der Waals surface area contributed by atoms with Crippen LogP contribution >= 0.6 is 0 Å². The number of non-ortho nitro benzene ring substituents is 1. The van der Waals surface area contributed by atoms with Gasteiger partial charge in [0.15, 0.2) is 5.78 Å². The lowest BCUT2D eigenvalue weighted by Crippen LogP contribution is -2.23. The highest BCUT2D eigenvalue weighted by Crippen LogP contribution is 2.32. The van der Waals surface area contributed by atoms with Crippen LogP contribution in [0, 0.1) is 10.1 Å². The maximum atomic E-state index is 11.3. The number of hydrogen-bond donors (Lipinski definition) is 0. The molecule has 0 spiro atoms. The van der Waals surface area contributed by atoms with E-state index in [9.17, 15) is 14.9 Å². The second-order valence-corrected chi connectivity index (χ2v) is 3.90. The van der Waals surface area contributed by atoms with Gasteiger partial charge in [-0.15, -0.1) is 5.11 Å². The first-order valence-electron chi connectivity index (χ1n) is 5.21. The molecule has 0 bridgehead atoms. The van der Waals surface area contributed by atoms with E-state index in [4.69, 9.17) is 0 Å². The number of Topliss-reactive ketones (excluding diaryl/α,β-unsaturated/α-hetero) is 1. The number of hydrogen-bond acceptors (Lipinski definition) is 6. The Bertz CT molecular complexity index is 576. The molecule has 0 aliphatic carbocycles. The van der Waals surface area contributed by atoms with Crippen LogP contribution in [0.5, 0.6) is 0 Å². The third-order valence-corrected chi connectivity index (χ3v) is 2.65. The Balaban J connectivity index is 2.15. The van der Waals surface area contributed by atoms with Gasteiger partial charge in [-0.1, -0.05) is 0 Å². The van der Waals surface area contributed by atoms with Gasteiger partial charge in [0.25, 0.3) is 11.4 Å². The standard InChI is InChI=1S/C11H10N4O3/c1-7-11(12-7,8(2)16)14-13-9-3-5-10(6-4-9)15(17)18/h3-6H,1-2H3/t11-/m1/s1. The highest BCUT2D eigenvalue weighted by molar-refractivity contribution is 6.21. The zero-order valence-electron chi connectivity index (χ0n) is 9.82. The molecule has 1 aliphatic rings. The maximum absolute atomic E-state index is 11.3. The number of carbonyl (C=O) groups is 1. The van der Waals surface area contributed by atoms with Crippen LogP contribution < -0.4 is 0 Å². The molecular weight excluding hydrogens is 236 g/mol. The highest BCUT2D eigenvalue weighted by atomic mass is 16.6. The molecule has 0 aromatic heterocycles. The van der Waals surface area contributed by atoms with Gasteiger partial charge in [0, 0.05) is 12.1 Å². The lowest BCUT2D eigenvalue weighted by atomic mass is 10.1. The third kappa shape index (κ3) is 2.02. The Labute approximate surface area is 102 Å². The second kappa shape index (κ2) is 4.10. The Hall–Kier alpha value is -2.44. The van der Waals surface area contributed by atoms with E-state index in [2.05, 4.69) is 15.2 Å². The van der Waals surface area contributed by atoms with Gasteiger partial charge in [0.05, 0.1) is 16.3 Å². The molecule has 2 rings (SSSR count). The van der Waals surface area contributed by atoms with Gasteiger partial charge >= 0.3 is 0 Å². The summed E-state index contributed by atoms with van der Waals surface area (Å²) in [6, 6.07) is 5.59. The molecule has 1 aromatic rings. The molecule has 0 unspecified atom stereocenters. The zero-order valence-corrected chi connectivity index (χ0v) is 9.82. The van der Waals surface area contributed by atoms with Crippen molar-refractivity contribution >= 4 is 22.9 Å². The first kappa shape index (κ1) is 12.0. The van der Waals surface area contributed by atoms with Crippen molar-refractivity contribution in [1.29, 1.82) is 0 Å². The van der Waals surface area contributed by atoms with E-state index in [-0.39, 0.29) is 11.5 Å². The fraction of sp³-hybridized carbons (Fsp3) is 0.273. The van der Waals surface area contributed by atoms with Crippen LogP contribution in [0.3, 0.4) is 0 Å². The largest absolute Gasteiger partial charge is 0.295 e. The van der Waals surface area contributed by atoms with Crippen molar-refractivity contribution in [3.8, 4) is 0 Å². The van der Waals surface area contributed by atoms with Crippen molar-refractivity contribution in [3.05, 3.63) is 34.4 Å². The third-order valence-electron chi connectivity index (χ3n) is 2.65. The van der Waals surface area contributed by atoms with Crippen molar-refractivity contribution in [1.82, 2.24) is 0 Å². The van der Waals surface area contributed by atoms with Crippen LogP contribution in [0.4, 0.5) is 11.4 Å². The first-order valence-corrected chi connectivity index (χ1v) is 5.21. The van der Waals surface area contributed by atoms with E-state index < -0.39 is 10.6 Å². The first-order chi connectivity index (χ1) is 8.45. The molecule has 18 heavy (non-hydrogen) atoms. The van der Waals surface area contributed by atoms with Crippen LogP contribution in [-0.4, -0.2) is 22.1 Å². The quantitative estimate of drug-likeness (QED) is 0.463. The zero-order chi connectivity index (χ0) is 13.3. The van der Waals surface area contributed by atoms with Crippen LogP contribution in [0.1, 0.15) is 13.8 Å². The van der Waals surface area contributed by atoms with E-state index in [0.29, 0.717) is 11.4 Å². The Morgan fingerprint density at radius 2 is 1.94 bits per heavy atom. The number of carbonyl (C=O) groups excluding carboxylic acids is 1. The molecule has 92 valence electrons. The average Bonchev–Trinajstić information content (AvgIpc) is 2.99. The molecule has 7 heteroatoms. The smallest absolute Gasteiger partial charge is 0.269 e. The fourth-order valence-corrected chi connectivity index (χ4v) is 1.48. The number of ketones is 1. The number of azo groups is 1. The average molecular weight is 246 g/mol. The highest BCUT2D eigenvalue weighted by Gasteiger charge is 2.49. The van der Waals surface area contributed by atoms with E-state index in [0.717, 1.165) is 0 Å². The summed E-state index contributed by atoms with van der Waals surface area (Å²) < 4.78 is 0. The van der Waals surface area contributed by atoms with Gasteiger partial charge in [-0.05, 0) is 26.0 Å². The van der Waals surface area contributed by atoms with Crippen LogP contribution in [-0.2, 0) is 4.79 Å². The monoisotopic (exact) mass is 246 g/mol. The predicted octanol–water partition coefficient (Wildman–Crippen LogP) is 2.44.